The summed E-state index contributed by atoms with van der Waals surface area (Å²) in [5, 5.41) is 2.40. The Balaban J connectivity index is 1.59. The molecule has 0 radical (unpaired) electrons. The lowest BCUT2D eigenvalue weighted by molar-refractivity contribution is -0.137. The molecule has 0 fully saturated rings. The van der Waals surface area contributed by atoms with Gasteiger partial charge in [-0.2, -0.15) is 13.2 Å². The standard InChI is InChI=1S/C19H15ClF3N3O/c20-12-5-7-14(13(10-12)19(21,22)23)25-18(27)11-4-6-15-16(9-11)26-8-2-1-3-17(26)24-15/h1-3,5,7-8,10-11H,4,6,9H2,(H,25,27). The van der Waals surface area contributed by atoms with Gasteiger partial charge in [-0.1, -0.05) is 17.7 Å². The topological polar surface area (TPSA) is 46.4 Å². The van der Waals surface area contributed by atoms with Crippen molar-refractivity contribution in [3.8, 4) is 0 Å². The average Bonchev–Trinajstić information content (AvgIpc) is 3.00. The highest BCUT2D eigenvalue weighted by Gasteiger charge is 2.35. The fourth-order valence-corrected chi connectivity index (χ4v) is 3.65. The van der Waals surface area contributed by atoms with Gasteiger partial charge in [-0.25, -0.2) is 4.98 Å². The number of aryl methyl sites for hydroxylation is 1. The third kappa shape index (κ3) is 3.39. The maximum Gasteiger partial charge on any atom is 0.418 e. The zero-order valence-corrected chi connectivity index (χ0v) is 14.8. The predicted molar refractivity (Wildman–Crippen MR) is 95.8 cm³/mol. The summed E-state index contributed by atoms with van der Waals surface area (Å²) in [5.74, 6) is -0.853. The first-order chi connectivity index (χ1) is 12.8. The minimum Gasteiger partial charge on any atom is -0.325 e. The Bertz CT molecular complexity index is 1030. The summed E-state index contributed by atoms with van der Waals surface area (Å²) in [6, 6.07) is 8.98. The molecule has 0 aliphatic heterocycles. The Kier molecular flexibility index (Phi) is 4.34. The molecule has 27 heavy (non-hydrogen) atoms. The van der Waals surface area contributed by atoms with Crippen LogP contribution in [0.3, 0.4) is 0 Å². The van der Waals surface area contributed by atoms with E-state index in [1.165, 1.54) is 12.1 Å². The van der Waals surface area contributed by atoms with Crippen molar-refractivity contribution < 1.29 is 18.0 Å². The first-order valence-corrected chi connectivity index (χ1v) is 8.83. The van der Waals surface area contributed by atoms with Gasteiger partial charge in [0, 0.05) is 29.3 Å². The van der Waals surface area contributed by atoms with Crippen LogP contribution >= 0.6 is 11.6 Å². The van der Waals surface area contributed by atoms with Crippen LogP contribution in [0.4, 0.5) is 18.9 Å². The van der Waals surface area contributed by atoms with Crippen LogP contribution in [0.2, 0.25) is 5.02 Å². The first kappa shape index (κ1) is 17.9. The summed E-state index contributed by atoms with van der Waals surface area (Å²) < 4.78 is 41.6. The van der Waals surface area contributed by atoms with E-state index in [4.69, 9.17) is 11.6 Å². The van der Waals surface area contributed by atoms with Crippen LogP contribution < -0.4 is 5.32 Å². The molecule has 4 rings (SSSR count). The molecule has 1 atom stereocenters. The number of carbonyl (C=O) groups excluding carboxylic acids is 1. The molecule has 0 spiro atoms. The van der Waals surface area contributed by atoms with Gasteiger partial charge < -0.3 is 9.72 Å². The molecule has 2 heterocycles. The number of halogens is 4. The van der Waals surface area contributed by atoms with Crippen molar-refractivity contribution >= 4 is 28.8 Å². The lowest BCUT2D eigenvalue weighted by Crippen LogP contribution is -2.29. The van der Waals surface area contributed by atoms with E-state index in [0.717, 1.165) is 23.1 Å². The third-order valence-corrected chi connectivity index (χ3v) is 5.03. The summed E-state index contributed by atoms with van der Waals surface area (Å²) in [6.07, 6.45) is -1.14. The van der Waals surface area contributed by atoms with Crippen molar-refractivity contribution in [2.24, 2.45) is 5.92 Å². The van der Waals surface area contributed by atoms with E-state index in [2.05, 4.69) is 10.3 Å². The number of nitrogens with one attached hydrogen (secondary N) is 1. The zero-order chi connectivity index (χ0) is 19.2. The molecule has 1 aliphatic rings. The highest BCUT2D eigenvalue weighted by atomic mass is 35.5. The van der Waals surface area contributed by atoms with Crippen molar-refractivity contribution in [3.63, 3.8) is 0 Å². The van der Waals surface area contributed by atoms with Crippen molar-refractivity contribution in [3.05, 3.63) is 64.6 Å². The predicted octanol–water partition coefficient (Wildman–Crippen LogP) is 4.75. The molecule has 8 heteroatoms. The number of rotatable bonds is 2. The van der Waals surface area contributed by atoms with Crippen LogP contribution in [-0.2, 0) is 23.8 Å². The SMILES string of the molecule is O=C(Nc1ccc(Cl)cc1C(F)(F)F)C1CCc2nc3ccccn3c2C1. The summed E-state index contributed by atoms with van der Waals surface area (Å²) in [5.41, 5.74) is 1.45. The number of hydrogen-bond acceptors (Lipinski definition) is 2. The first-order valence-electron chi connectivity index (χ1n) is 8.45. The number of pyridine rings is 1. The third-order valence-electron chi connectivity index (χ3n) is 4.80. The van der Waals surface area contributed by atoms with Crippen LogP contribution in [0.1, 0.15) is 23.4 Å². The molecule has 3 aromatic rings. The second-order valence-corrected chi connectivity index (χ2v) is 6.99. The second-order valence-electron chi connectivity index (χ2n) is 6.55. The van der Waals surface area contributed by atoms with E-state index in [9.17, 15) is 18.0 Å². The average molecular weight is 394 g/mol. The monoisotopic (exact) mass is 393 g/mol. The fraction of sp³-hybridized carbons (Fsp3) is 0.263. The normalized spacial score (nSPS) is 17.0. The Morgan fingerprint density at radius 1 is 1.26 bits per heavy atom. The van der Waals surface area contributed by atoms with E-state index in [1.54, 1.807) is 0 Å². The number of nitrogens with zero attached hydrogens (tertiary/aromatic N) is 2. The number of carbonyl (C=O) groups is 1. The lowest BCUT2D eigenvalue weighted by atomic mass is 9.89. The molecule has 1 N–H and O–H groups in total. The van der Waals surface area contributed by atoms with E-state index in [1.807, 2.05) is 28.8 Å². The highest BCUT2D eigenvalue weighted by molar-refractivity contribution is 6.30. The second kappa shape index (κ2) is 6.56. The molecule has 0 saturated carbocycles. The number of anilines is 1. The number of alkyl halides is 3. The highest BCUT2D eigenvalue weighted by Crippen LogP contribution is 2.37. The van der Waals surface area contributed by atoms with Crippen molar-refractivity contribution in [2.45, 2.75) is 25.4 Å². The van der Waals surface area contributed by atoms with E-state index < -0.39 is 23.6 Å². The Hall–Kier alpha value is -2.54. The maximum absolute atomic E-state index is 13.2. The van der Waals surface area contributed by atoms with Gasteiger partial charge in [0.05, 0.1) is 16.9 Å². The van der Waals surface area contributed by atoms with Crippen LogP contribution in [-0.4, -0.2) is 15.3 Å². The molecule has 0 saturated heterocycles. The minimum absolute atomic E-state index is 0.0339. The summed E-state index contributed by atoms with van der Waals surface area (Å²) in [6.45, 7) is 0. The number of aromatic nitrogens is 2. The Morgan fingerprint density at radius 2 is 2.07 bits per heavy atom. The molecule has 4 nitrogen and oxygen atoms in total. The Morgan fingerprint density at radius 3 is 2.85 bits per heavy atom. The molecule has 1 aromatic carbocycles. The molecular formula is C19H15ClF3N3O. The van der Waals surface area contributed by atoms with Gasteiger partial charge in [0.25, 0.3) is 0 Å². The number of benzene rings is 1. The molecule has 1 unspecified atom stereocenters. The van der Waals surface area contributed by atoms with Crippen molar-refractivity contribution in [2.75, 3.05) is 5.32 Å². The van der Waals surface area contributed by atoms with E-state index in [-0.39, 0.29) is 10.7 Å². The van der Waals surface area contributed by atoms with E-state index >= 15 is 0 Å². The maximum atomic E-state index is 13.2. The molecule has 140 valence electrons. The lowest BCUT2D eigenvalue weighted by Gasteiger charge is -2.22. The van der Waals surface area contributed by atoms with Gasteiger partial charge in [0.15, 0.2) is 0 Å². The van der Waals surface area contributed by atoms with Gasteiger partial charge >= 0.3 is 6.18 Å². The fourth-order valence-electron chi connectivity index (χ4n) is 3.48. The number of hydrogen-bond donors (Lipinski definition) is 1. The van der Waals surface area contributed by atoms with Crippen molar-refractivity contribution in [1.29, 1.82) is 0 Å². The molecule has 2 aromatic heterocycles. The van der Waals surface area contributed by atoms with Crippen LogP contribution in [0.15, 0.2) is 42.6 Å². The smallest absolute Gasteiger partial charge is 0.325 e. The number of imidazole rings is 1. The number of amides is 1. The van der Waals surface area contributed by atoms with Gasteiger partial charge in [-0.15, -0.1) is 0 Å². The van der Waals surface area contributed by atoms with Gasteiger partial charge in [0.1, 0.15) is 5.65 Å². The molecule has 0 bridgehead atoms. The van der Waals surface area contributed by atoms with Crippen molar-refractivity contribution in [1.82, 2.24) is 9.38 Å². The van der Waals surface area contributed by atoms with Crippen LogP contribution in [0, 0.1) is 5.92 Å². The zero-order valence-electron chi connectivity index (χ0n) is 14.1. The van der Waals surface area contributed by atoms with Gasteiger partial charge in [-0.05, 0) is 43.2 Å². The summed E-state index contributed by atoms with van der Waals surface area (Å²) in [7, 11) is 0. The van der Waals surface area contributed by atoms with Gasteiger partial charge in [-0.3, -0.25) is 4.79 Å². The van der Waals surface area contributed by atoms with Crippen LogP contribution in [0.5, 0.6) is 0 Å². The van der Waals surface area contributed by atoms with Gasteiger partial charge in [0.2, 0.25) is 5.91 Å². The summed E-state index contributed by atoms with van der Waals surface area (Å²) in [4.78, 5) is 17.2. The Labute approximate surface area is 158 Å². The van der Waals surface area contributed by atoms with Crippen LogP contribution in [0.25, 0.3) is 5.65 Å². The largest absolute Gasteiger partial charge is 0.418 e. The quantitative estimate of drug-likeness (QED) is 0.683. The molecule has 1 aliphatic carbocycles. The van der Waals surface area contributed by atoms with E-state index in [0.29, 0.717) is 19.3 Å². The minimum atomic E-state index is -4.60. The molecule has 1 amide bonds. The molecular weight excluding hydrogens is 379 g/mol. The number of fused-ring (bicyclic) bond motifs is 3. The summed E-state index contributed by atoms with van der Waals surface area (Å²) >= 11 is 5.68.